The highest BCUT2D eigenvalue weighted by atomic mass is 79.9. The van der Waals surface area contributed by atoms with Gasteiger partial charge in [-0.2, -0.15) is 0 Å². The molecule has 0 saturated carbocycles. The molecule has 20 heavy (non-hydrogen) atoms. The largest absolute Gasteiger partial charge is 0.376 e. The highest BCUT2D eigenvalue weighted by Gasteiger charge is 2.15. The van der Waals surface area contributed by atoms with Gasteiger partial charge in [0.2, 0.25) is 0 Å². The Morgan fingerprint density at radius 1 is 1.45 bits per heavy atom. The first-order valence-electron chi connectivity index (χ1n) is 6.68. The summed E-state index contributed by atoms with van der Waals surface area (Å²) in [4.78, 5) is 4.14. The van der Waals surface area contributed by atoms with Gasteiger partial charge in [-0.25, -0.2) is 4.39 Å². The minimum atomic E-state index is -0.251. The minimum absolute atomic E-state index is 0.251. The second-order valence-electron chi connectivity index (χ2n) is 4.72. The predicted molar refractivity (Wildman–Crippen MR) is 81.3 cm³/mol. The molecule has 1 fully saturated rings. The van der Waals surface area contributed by atoms with Crippen molar-refractivity contribution >= 4 is 21.9 Å². The number of ether oxygens (including phenoxy) is 1. The molecule has 1 aliphatic heterocycles. The van der Waals surface area contributed by atoms with Crippen LogP contribution < -0.4 is 10.6 Å². The summed E-state index contributed by atoms with van der Waals surface area (Å²) in [5.41, 5.74) is 0.858. The number of rotatable bonds is 4. The number of guanidine groups is 1. The molecule has 0 aromatic heterocycles. The molecule has 1 unspecified atom stereocenters. The summed E-state index contributed by atoms with van der Waals surface area (Å²) in [5, 5.41) is 6.38. The fourth-order valence-electron chi connectivity index (χ4n) is 2.14. The lowest BCUT2D eigenvalue weighted by Gasteiger charge is -2.15. The minimum Gasteiger partial charge on any atom is -0.376 e. The number of hydrogen-bond donors (Lipinski definition) is 2. The Bertz CT molecular complexity index is 455. The quantitative estimate of drug-likeness (QED) is 0.652. The van der Waals surface area contributed by atoms with Gasteiger partial charge >= 0.3 is 0 Å². The molecule has 2 rings (SSSR count). The maximum absolute atomic E-state index is 13.3. The van der Waals surface area contributed by atoms with Crippen molar-refractivity contribution in [2.24, 2.45) is 4.99 Å². The highest BCUT2D eigenvalue weighted by Crippen LogP contribution is 2.14. The monoisotopic (exact) mass is 343 g/mol. The number of aliphatic imine (C=N–C) groups is 1. The van der Waals surface area contributed by atoms with Gasteiger partial charge in [-0.1, -0.05) is 15.9 Å². The van der Waals surface area contributed by atoms with Gasteiger partial charge in [0.05, 0.1) is 6.10 Å². The molecular weight excluding hydrogens is 325 g/mol. The standard InChI is InChI=1S/C14H19BrFN3O/c1-17-14(19-9-13-3-2-4-20-13)18-8-10-5-11(15)7-12(16)6-10/h5-7,13H,2-4,8-9H2,1H3,(H2,17,18,19). The lowest BCUT2D eigenvalue weighted by Crippen LogP contribution is -2.40. The van der Waals surface area contributed by atoms with Gasteiger partial charge in [0.15, 0.2) is 5.96 Å². The van der Waals surface area contributed by atoms with Crippen molar-refractivity contribution in [3.63, 3.8) is 0 Å². The molecule has 1 aromatic rings. The van der Waals surface area contributed by atoms with Crippen LogP contribution in [0.3, 0.4) is 0 Å². The maximum atomic E-state index is 13.3. The molecule has 2 N–H and O–H groups in total. The molecule has 1 saturated heterocycles. The summed E-state index contributed by atoms with van der Waals surface area (Å²) >= 11 is 3.28. The van der Waals surface area contributed by atoms with Gasteiger partial charge in [-0.15, -0.1) is 0 Å². The number of halogens is 2. The van der Waals surface area contributed by atoms with Crippen LogP contribution in [0.4, 0.5) is 4.39 Å². The third-order valence-corrected chi connectivity index (χ3v) is 3.58. The second-order valence-corrected chi connectivity index (χ2v) is 5.64. The molecule has 1 heterocycles. The van der Waals surface area contributed by atoms with Crippen LogP contribution in [-0.2, 0) is 11.3 Å². The Morgan fingerprint density at radius 3 is 2.95 bits per heavy atom. The Kier molecular flexibility index (Phi) is 5.79. The predicted octanol–water partition coefficient (Wildman–Crippen LogP) is 2.43. The van der Waals surface area contributed by atoms with Crippen LogP contribution in [0, 0.1) is 5.82 Å². The molecule has 0 radical (unpaired) electrons. The van der Waals surface area contributed by atoms with E-state index in [0.717, 1.165) is 36.0 Å². The molecule has 1 atom stereocenters. The van der Waals surface area contributed by atoms with Gasteiger partial charge in [-0.05, 0) is 36.6 Å². The van der Waals surface area contributed by atoms with E-state index in [-0.39, 0.29) is 11.9 Å². The maximum Gasteiger partial charge on any atom is 0.191 e. The van der Waals surface area contributed by atoms with Crippen molar-refractivity contribution in [3.8, 4) is 0 Å². The number of nitrogens with zero attached hydrogens (tertiary/aromatic N) is 1. The lowest BCUT2D eigenvalue weighted by atomic mass is 10.2. The van der Waals surface area contributed by atoms with Crippen LogP contribution in [0.2, 0.25) is 0 Å². The van der Waals surface area contributed by atoms with E-state index in [1.54, 1.807) is 7.05 Å². The van der Waals surface area contributed by atoms with Crippen LogP contribution >= 0.6 is 15.9 Å². The zero-order chi connectivity index (χ0) is 14.4. The average molecular weight is 344 g/mol. The van der Waals surface area contributed by atoms with Gasteiger partial charge < -0.3 is 15.4 Å². The average Bonchev–Trinajstić information content (AvgIpc) is 2.91. The fraction of sp³-hybridized carbons (Fsp3) is 0.500. The Morgan fingerprint density at radius 2 is 2.30 bits per heavy atom. The van der Waals surface area contributed by atoms with E-state index in [0.29, 0.717) is 12.5 Å². The molecule has 6 heteroatoms. The first-order valence-corrected chi connectivity index (χ1v) is 7.48. The lowest BCUT2D eigenvalue weighted by molar-refractivity contribution is 0.114. The molecule has 0 amide bonds. The summed E-state index contributed by atoms with van der Waals surface area (Å²) in [7, 11) is 1.71. The Balaban J connectivity index is 1.80. The van der Waals surface area contributed by atoms with Crippen LogP contribution in [0.25, 0.3) is 0 Å². The van der Waals surface area contributed by atoms with Crippen LogP contribution in [-0.4, -0.2) is 32.3 Å². The van der Waals surface area contributed by atoms with Gasteiger partial charge in [0.1, 0.15) is 5.82 Å². The van der Waals surface area contributed by atoms with Crippen molar-refractivity contribution < 1.29 is 9.13 Å². The van der Waals surface area contributed by atoms with Crippen molar-refractivity contribution in [3.05, 3.63) is 34.1 Å². The van der Waals surface area contributed by atoms with E-state index < -0.39 is 0 Å². The molecule has 110 valence electrons. The third-order valence-electron chi connectivity index (χ3n) is 3.13. The Labute approximate surface area is 126 Å². The van der Waals surface area contributed by atoms with Crippen molar-refractivity contribution in [2.75, 3.05) is 20.2 Å². The van der Waals surface area contributed by atoms with Crippen molar-refractivity contribution in [1.29, 1.82) is 0 Å². The Hall–Kier alpha value is -1.14. The normalized spacial score (nSPS) is 19.1. The summed E-state index contributed by atoms with van der Waals surface area (Å²) in [6, 6.07) is 4.82. The SMILES string of the molecule is CN=C(NCc1cc(F)cc(Br)c1)NCC1CCCO1. The molecule has 0 spiro atoms. The van der Waals surface area contributed by atoms with Gasteiger partial charge in [-0.3, -0.25) is 4.99 Å². The molecule has 0 bridgehead atoms. The summed E-state index contributed by atoms with van der Waals surface area (Å²) in [5.74, 6) is 0.444. The van der Waals surface area contributed by atoms with E-state index in [9.17, 15) is 4.39 Å². The summed E-state index contributed by atoms with van der Waals surface area (Å²) in [6.45, 7) is 2.10. The first-order chi connectivity index (χ1) is 9.67. The zero-order valence-electron chi connectivity index (χ0n) is 11.5. The van der Waals surface area contributed by atoms with Gasteiger partial charge in [0.25, 0.3) is 0 Å². The van der Waals surface area contributed by atoms with Crippen LogP contribution in [0.5, 0.6) is 0 Å². The van der Waals surface area contributed by atoms with Crippen molar-refractivity contribution in [1.82, 2.24) is 10.6 Å². The smallest absolute Gasteiger partial charge is 0.191 e. The molecule has 1 aliphatic rings. The van der Waals surface area contributed by atoms with E-state index in [1.807, 2.05) is 6.07 Å². The summed E-state index contributed by atoms with van der Waals surface area (Å²) < 4.78 is 19.5. The van der Waals surface area contributed by atoms with E-state index >= 15 is 0 Å². The van der Waals surface area contributed by atoms with Crippen LogP contribution in [0.15, 0.2) is 27.7 Å². The van der Waals surface area contributed by atoms with Crippen LogP contribution in [0.1, 0.15) is 18.4 Å². The molecule has 4 nitrogen and oxygen atoms in total. The second kappa shape index (κ2) is 7.59. The number of hydrogen-bond acceptors (Lipinski definition) is 2. The zero-order valence-corrected chi connectivity index (χ0v) is 13.0. The number of nitrogens with one attached hydrogen (secondary N) is 2. The molecule has 0 aliphatic carbocycles. The highest BCUT2D eigenvalue weighted by molar-refractivity contribution is 9.10. The van der Waals surface area contributed by atoms with E-state index in [1.165, 1.54) is 12.1 Å². The summed E-state index contributed by atoms with van der Waals surface area (Å²) in [6.07, 6.45) is 2.47. The fourth-order valence-corrected chi connectivity index (χ4v) is 2.65. The molecular formula is C14H19BrFN3O. The van der Waals surface area contributed by atoms with E-state index in [2.05, 4.69) is 31.6 Å². The van der Waals surface area contributed by atoms with Gasteiger partial charge in [0, 0.05) is 31.2 Å². The first kappa shape index (κ1) is 15.3. The number of benzene rings is 1. The molecule has 1 aromatic carbocycles. The van der Waals surface area contributed by atoms with E-state index in [4.69, 9.17) is 4.74 Å². The topological polar surface area (TPSA) is 45.7 Å². The van der Waals surface area contributed by atoms with Crippen molar-refractivity contribution in [2.45, 2.75) is 25.5 Å². The third kappa shape index (κ3) is 4.76.